The molecule has 1 atom stereocenters. The third-order valence-corrected chi connectivity index (χ3v) is 2.54. The van der Waals surface area contributed by atoms with Crippen LogP contribution < -0.4 is 5.32 Å². The van der Waals surface area contributed by atoms with Crippen molar-refractivity contribution < 1.29 is 19.8 Å². The van der Waals surface area contributed by atoms with Gasteiger partial charge in [0.05, 0.1) is 6.20 Å². The first-order valence-electron chi connectivity index (χ1n) is 6.04. The van der Waals surface area contributed by atoms with Crippen molar-refractivity contribution in [3.05, 3.63) is 12.3 Å². The molecule has 1 rings (SSSR count). The van der Waals surface area contributed by atoms with E-state index in [1.165, 1.54) is 12.3 Å². The molecule has 0 aromatic carbocycles. The molecule has 0 bridgehead atoms. The third-order valence-electron chi connectivity index (χ3n) is 2.54. The van der Waals surface area contributed by atoms with E-state index in [9.17, 15) is 14.7 Å². The highest BCUT2D eigenvalue weighted by Gasteiger charge is 2.27. The minimum atomic E-state index is -1.74. The SMILES string of the molecule is CCCCCN(C(=O)O)[C@@H](O)C(=O)Nc1ccn[nH]1. The van der Waals surface area contributed by atoms with Crippen LogP contribution >= 0.6 is 0 Å². The lowest BCUT2D eigenvalue weighted by atomic mass is 10.2. The second kappa shape index (κ2) is 7.37. The Morgan fingerprint density at radius 3 is 2.79 bits per heavy atom. The van der Waals surface area contributed by atoms with Gasteiger partial charge in [-0.3, -0.25) is 14.8 Å². The Balaban J connectivity index is 2.57. The van der Waals surface area contributed by atoms with Crippen molar-refractivity contribution in [1.82, 2.24) is 15.1 Å². The summed E-state index contributed by atoms with van der Waals surface area (Å²) in [5, 5.41) is 27.2. The lowest BCUT2D eigenvalue weighted by Crippen LogP contribution is -2.47. The van der Waals surface area contributed by atoms with Crippen molar-refractivity contribution in [1.29, 1.82) is 0 Å². The standard InChI is InChI=1S/C11H18N4O4/c1-2-3-4-7-15(11(18)19)10(17)9(16)13-8-5-6-12-14-8/h5-6,10,17H,2-4,7H2,1H3,(H,18,19)(H2,12,13,14,16)/t10-/m0/s1. The highest BCUT2D eigenvalue weighted by Crippen LogP contribution is 2.06. The number of aliphatic hydroxyl groups is 1. The maximum atomic E-state index is 11.7. The summed E-state index contributed by atoms with van der Waals surface area (Å²) >= 11 is 0. The smallest absolute Gasteiger partial charge is 0.409 e. The first-order valence-corrected chi connectivity index (χ1v) is 6.04. The fourth-order valence-corrected chi connectivity index (χ4v) is 1.52. The van der Waals surface area contributed by atoms with E-state index in [-0.39, 0.29) is 6.54 Å². The number of aromatic amines is 1. The number of anilines is 1. The van der Waals surface area contributed by atoms with Crippen molar-refractivity contribution in [2.24, 2.45) is 0 Å². The molecule has 4 N–H and O–H groups in total. The average Bonchev–Trinajstić information content (AvgIpc) is 2.86. The molecular weight excluding hydrogens is 252 g/mol. The van der Waals surface area contributed by atoms with Gasteiger partial charge in [0.25, 0.3) is 5.91 Å². The van der Waals surface area contributed by atoms with Gasteiger partial charge in [-0.15, -0.1) is 0 Å². The van der Waals surface area contributed by atoms with E-state index in [2.05, 4.69) is 15.5 Å². The van der Waals surface area contributed by atoms with Crippen LogP contribution in [-0.2, 0) is 4.79 Å². The number of amides is 2. The zero-order valence-corrected chi connectivity index (χ0v) is 10.7. The van der Waals surface area contributed by atoms with Gasteiger partial charge in [-0.25, -0.2) is 4.79 Å². The number of aromatic nitrogens is 2. The molecule has 1 aromatic rings. The number of nitrogens with one attached hydrogen (secondary N) is 2. The van der Waals surface area contributed by atoms with Crippen LogP contribution in [0.5, 0.6) is 0 Å². The van der Waals surface area contributed by atoms with Crippen molar-refractivity contribution in [2.45, 2.75) is 32.4 Å². The van der Waals surface area contributed by atoms with E-state index in [1.807, 2.05) is 6.92 Å². The van der Waals surface area contributed by atoms with E-state index >= 15 is 0 Å². The van der Waals surface area contributed by atoms with Crippen molar-refractivity contribution >= 4 is 17.8 Å². The molecule has 1 aromatic heterocycles. The van der Waals surface area contributed by atoms with Gasteiger partial charge in [0.2, 0.25) is 6.23 Å². The molecule has 0 aliphatic carbocycles. The molecule has 0 saturated carbocycles. The Kier molecular flexibility index (Phi) is 5.80. The van der Waals surface area contributed by atoms with E-state index in [1.54, 1.807) is 0 Å². The van der Waals surface area contributed by atoms with Crippen molar-refractivity contribution in [3.63, 3.8) is 0 Å². The molecule has 106 valence electrons. The molecule has 0 aliphatic rings. The van der Waals surface area contributed by atoms with Crippen LogP contribution in [0, 0.1) is 0 Å². The molecular formula is C11H18N4O4. The Labute approximate surface area is 110 Å². The van der Waals surface area contributed by atoms with Gasteiger partial charge in [-0.2, -0.15) is 5.10 Å². The number of rotatable bonds is 7. The Hall–Kier alpha value is -2.09. The minimum Gasteiger partial charge on any atom is -0.465 e. The fourth-order valence-electron chi connectivity index (χ4n) is 1.52. The molecule has 0 fully saturated rings. The van der Waals surface area contributed by atoms with Crippen molar-refractivity contribution in [3.8, 4) is 0 Å². The fraction of sp³-hybridized carbons (Fsp3) is 0.545. The molecule has 8 nitrogen and oxygen atoms in total. The second-order valence-electron chi connectivity index (χ2n) is 4.02. The highest BCUT2D eigenvalue weighted by atomic mass is 16.4. The Bertz CT molecular complexity index is 407. The maximum absolute atomic E-state index is 11.7. The summed E-state index contributed by atoms with van der Waals surface area (Å²) < 4.78 is 0. The molecule has 1 heterocycles. The number of H-pyrrole nitrogens is 1. The van der Waals surface area contributed by atoms with E-state index in [0.29, 0.717) is 17.1 Å². The largest absolute Gasteiger partial charge is 0.465 e. The van der Waals surface area contributed by atoms with Gasteiger partial charge < -0.3 is 15.5 Å². The first kappa shape index (κ1) is 15.0. The van der Waals surface area contributed by atoms with Gasteiger partial charge in [-0.1, -0.05) is 19.8 Å². The second-order valence-corrected chi connectivity index (χ2v) is 4.02. The van der Waals surface area contributed by atoms with E-state index < -0.39 is 18.2 Å². The number of carbonyl (C=O) groups excluding carboxylic acids is 1. The summed E-state index contributed by atoms with van der Waals surface area (Å²) in [6, 6.07) is 1.49. The van der Waals surface area contributed by atoms with E-state index in [4.69, 9.17) is 5.11 Å². The Morgan fingerprint density at radius 2 is 2.26 bits per heavy atom. The predicted octanol–water partition coefficient (Wildman–Crippen LogP) is 0.837. The van der Waals surface area contributed by atoms with Crippen LogP contribution in [0.2, 0.25) is 0 Å². The molecule has 0 spiro atoms. The van der Waals surface area contributed by atoms with Gasteiger partial charge in [-0.05, 0) is 6.42 Å². The summed E-state index contributed by atoms with van der Waals surface area (Å²) in [6.45, 7) is 2.09. The maximum Gasteiger partial charge on any atom is 0.409 e. The summed E-state index contributed by atoms with van der Waals surface area (Å²) in [5.41, 5.74) is 0. The topological polar surface area (TPSA) is 119 Å². The number of hydrogen-bond donors (Lipinski definition) is 4. The van der Waals surface area contributed by atoms with Crippen LogP contribution in [0.1, 0.15) is 26.2 Å². The summed E-state index contributed by atoms with van der Waals surface area (Å²) in [5.74, 6) is -0.522. The number of carboxylic acid groups (broad SMARTS) is 1. The number of aliphatic hydroxyl groups excluding tert-OH is 1. The molecule has 0 saturated heterocycles. The molecule has 2 amide bonds. The molecule has 0 radical (unpaired) electrons. The number of carbonyl (C=O) groups is 2. The zero-order valence-electron chi connectivity index (χ0n) is 10.7. The third kappa shape index (κ3) is 4.59. The number of nitrogens with zero attached hydrogens (tertiary/aromatic N) is 2. The van der Waals surface area contributed by atoms with Crippen LogP contribution in [0.3, 0.4) is 0 Å². The quantitative estimate of drug-likeness (QED) is 0.432. The normalized spacial score (nSPS) is 11.9. The van der Waals surface area contributed by atoms with E-state index in [0.717, 1.165) is 12.8 Å². The van der Waals surface area contributed by atoms with Gasteiger partial charge in [0, 0.05) is 12.6 Å². The lowest BCUT2D eigenvalue weighted by Gasteiger charge is -2.23. The van der Waals surface area contributed by atoms with Crippen LogP contribution in [0.4, 0.5) is 10.6 Å². The highest BCUT2D eigenvalue weighted by molar-refractivity contribution is 5.94. The zero-order chi connectivity index (χ0) is 14.3. The van der Waals surface area contributed by atoms with Crippen LogP contribution in [0.15, 0.2) is 12.3 Å². The summed E-state index contributed by atoms with van der Waals surface area (Å²) in [4.78, 5) is 23.4. The first-order chi connectivity index (χ1) is 9.06. The number of hydrogen-bond acceptors (Lipinski definition) is 4. The minimum absolute atomic E-state index is 0.112. The molecule has 19 heavy (non-hydrogen) atoms. The predicted molar refractivity (Wildman–Crippen MR) is 67.5 cm³/mol. The van der Waals surface area contributed by atoms with Gasteiger partial charge in [0.15, 0.2) is 0 Å². The molecule has 0 aliphatic heterocycles. The van der Waals surface area contributed by atoms with Gasteiger partial charge >= 0.3 is 6.09 Å². The lowest BCUT2D eigenvalue weighted by molar-refractivity contribution is -0.132. The monoisotopic (exact) mass is 270 g/mol. The summed E-state index contributed by atoms with van der Waals surface area (Å²) in [7, 11) is 0. The number of unbranched alkanes of at least 4 members (excludes halogenated alkanes) is 2. The average molecular weight is 270 g/mol. The summed E-state index contributed by atoms with van der Waals surface area (Å²) in [6.07, 6.45) is 0.707. The molecule has 0 unspecified atom stereocenters. The molecule has 8 heteroatoms. The van der Waals surface area contributed by atoms with Crippen molar-refractivity contribution in [2.75, 3.05) is 11.9 Å². The van der Waals surface area contributed by atoms with Crippen LogP contribution in [-0.4, -0.2) is 50.1 Å². The Morgan fingerprint density at radius 1 is 1.53 bits per heavy atom. The van der Waals surface area contributed by atoms with Gasteiger partial charge in [0.1, 0.15) is 5.82 Å². The van der Waals surface area contributed by atoms with Crippen LogP contribution in [0.25, 0.3) is 0 Å².